The quantitative estimate of drug-likeness (QED) is 0.591. The molecule has 9 nitrogen and oxygen atoms in total. The molecule has 0 bridgehead atoms. The van der Waals surface area contributed by atoms with E-state index in [4.69, 9.17) is 21.1 Å². The third-order valence-corrected chi connectivity index (χ3v) is 5.23. The Balaban J connectivity index is 1.37. The first-order valence-electron chi connectivity index (χ1n) is 9.62. The molecular formula is C20H22ClN5O4. The number of aromatic nitrogens is 4. The first-order valence-corrected chi connectivity index (χ1v) is 10.0. The predicted molar refractivity (Wildman–Crippen MR) is 107 cm³/mol. The molecule has 1 atom stereocenters. The second-order valence-electron chi connectivity index (χ2n) is 7.05. The second-order valence-corrected chi connectivity index (χ2v) is 7.48. The van der Waals surface area contributed by atoms with E-state index < -0.39 is 0 Å². The summed E-state index contributed by atoms with van der Waals surface area (Å²) in [7, 11) is 1.89. The molecule has 0 aliphatic carbocycles. The number of hydrogen-bond acceptors (Lipinski definition) is 7. The predicted octanol–water partition coefficient (Wildman–Crippen LogP) is 2.60. The summed E-state index contributed by atoms with van der Waals surface area (Å²) in [5.74, 6) is 0.554. The molecule has 1 fully saturated rings. The van der Waals surface area contributed by atoms with Crippen molar-refractivity contribution in [2.45, 2.75) is 19.4 Å². The Morgan fingerprint density at radius 2 is 2.10 bits per heavy atom. The summed E-state index contributed by atoms with van der Waals surface area (Å²) in [5, 5.41) is 12.6. The van der Waals surface area contributed by atoms with E-state index in [2.05, 4.69) is 20.0 Å². The molecule has 1 saturated heterocycles. The van der Waals surface area contributed by atoms with E-state index in [1.807, 2.05) is 29.9 Å². The van der Waals surface area contributed by atoms with Crippen molar-refractivity contribution in [3.63, 3.8) is 0 Å². The van der Waals surface area contributed by atoms with Crippen LogP contribution in [0.4, 0.5) is 0 Å². The average molecular weight is 432 g/mol. The monoisotopic (exact) mass is 431 g/mol. The molecular weight excluding hydrogens is 410 g/mol. The molecule has 1 aliphatic rings. The van der Waals surface area contributed by atoms with Gasteiger partial charge in [0.1, 0.15) is 17.5 Å². The number of morpholine rings is 1. The molecule has 0 N–H and O–H groups in total. The van der Waals surface area contributed by atoms with E-state index in [0.717, 1.165) is 17.1 Å². The molecule has 0 spiro atoms. The average Bonchev–Trinajstić information content (AvgIpc) is 3.34. The standard InChI is InChI=1S/C20H22ClN5O4/c1-13-19(24-30-23-13)20(27)26-8-10-29-18(12-26)17-11-15(25(2)22-17)7-9-28-16-5-3-14(21)4-6-16/h3-6,11,18H,7-10,12H2,1-2H3/t18-/m1/s1. The van der Waals surface area contributed by atoms with E-state index in [-0.39, 0.29) is 17.7 Å². The van der Waals surface area contributed by atoms with Gasteiger partial charge in [0.15, 0.2) is 5.69 Å². The number of rotatable bonds is 6. The molecule has 4 rings (SSSR count). The molecule has 3 heterocycles. The van der Waals surface area contributed by atoms with Crippen LogP contribution in [-0.4, -0.2) is 57.2 Å². The lowest BCUT2D eigenvalue weighted by atomic mass is 10.1. The number of ether oxygens (including phenoxy) is 2. The van der Waals surface area contributed by atoms with Crippen LogP contribution >= 0.6 is 11.6 Å². The number of benzene rings is 1. The highest BCUT2D eigenvalue weighted by Crippen LogP contribution is 2.24. The molecule has 1 amide bonds. The minimum atomic E-state index is -0.306. The van der Waals surface area contributed by atoms with Gasteiger partial charge in [-0.3, -0.25) is 9.48 Å². The summed E-state index contributed by atoms with van der Waals surface area (Å²) in [6.07, 6.45) is 0.380. The lowest BCUT2D eigenvalue weighted by Gasteiger charge is -2.31. The van der Waals surface area contributed by atoms with Crippen molar-refractivity contribution in [3.05, 3.63) is 58.1 Å². The third kappa shape index (κ3) is 4.47. The van der Waals surface area contributed by atoms with Crippen molar-refractivity contribution in [2.75, 3.05) is 26.3 Å². The van der Waals surface area contributed by atoms with Crippen molar-refractivity contribution in [2.24, 2.45) is 7.05 Å². The maximum absolute atomic E-state index is 12.7. The van der Waals surface area contributed by atoms with Gasteiger partial charge in [-0.2, -0.15) is 5.10 Å². The van der Waals surface area contributed by atoms with E-state index in [0.29, 0.717) is 43.4 Å². The van der Waals surface area contributed by atoms with Crippen LogP contribution in [0.15, 0.2) is 35.0 Å². The Bertz CT molecular complexity index is 1020. The lowest BCUT2D eigenvalue weighted by molar-refractivity contribution is -0.0252. The number of aryl methyl sites for hydroxylation is 2. The maximum atomic E-state index is 12.7. The highest BCUT2D eigenvalue weighted by molar-refractivity contribution is 6.30. The number of halogens is 1. The van der Waals surface area contributed by atoms with Crippen LogP contribution in [0.1, 0.15) is 33.7 Å². The summed E-state index contributed by atoms with van der Waals surface area (Å²) in [4.78, 5) is 14.4. The van der Waals surface area contributed by atoms with Crippen molar-refractivity contribution in [3.8, 4) is 5.75 Å². The van der Waals surface area contributed by atoms with Crippen LogP contribution in [-0.2, 0) is 18.2 Å². The van der Waals surface area contributed by atoms with Gasteiger partial charge < -0.3 is 14.4 Å². The van der Waals surface area contributed by atoms with Gasteiger partial charge in [-0.15, -0.1) is 0 Å². The van der Waals surface area contributed by atoms with Crippen molar-refractivity contribution in [1.29, 1.82) is 0 Å². The number of carbonyl (C=O) groups is 1. The molecule has 1 aromatic carbocycles. The fraction of sp³-hybridized carbons (Fsp3) is 0.400. The molecule has 0 unspecified atom stereocenters. The first-order chi connectivity index (χ1) is 14.5. The van der Waals surface area contributed by atoms with Gasteiger partial charge in [-0.1, -0.05) is 16.8 Å². The van der Waals surface area contributed by atoms with Crippen molar-refractivity contribution >= 4 is 17.5 Å². The minimum absolute atomic E-state index is 0.213. The Morgan fingerprint density at radius 3 is 2.83 bits per heavy atom. The van der Waals surface area contributed by atoms with E-state index >= 15 is 0 Å². The molecule has 158 valence electrons. The maximum Gasteiger partial charge on any atom is 0.278 e. The molecule has 3 aromatic rings. The van der Waals surface area contributed by atoms with E-state index in [9.17, 15) is 4.79 Å². The summed E-state index contributed by atoms with van der Waals surface area (Å²) >= 11 is 5.89. The smallest absolute Gasteiger partial charge is 0.278 e. The van der Waals surface area contributed by atoms with Crippen LogP contribution < -0.4 is 4.74 Å². The SMILES string of the molecule is Cc1nonc1C(=O)N1CCO[C@@H](c2cc(CCOc3ccc(Cl)cc3)n(C)n2)C1. The number of hydrogen-bond donors (Lipinski definition) is 0. The topological polar surface area (TPSA) is 95.5 Å². The van der Waals surface area contributed by atoms with Crippen LogP contribution in [0.3, 0.4) is 0 Å². The highest BCUT2D eigenvalue weighted by Gasteiger charge is 2.30. The molecule has 0 radical (unpaired) electrons. The fourth-order valence-corrected chi connectivity index (χ4v) is 3.44. The Morgan fingerprint density at radius 1 is 1.30 bits per heavy atom. The third-order valence-electron chi connectivity index (χ3n) is 4.97. The number of amides is 1. The molecule has 10 heteroatoms. The van der Waals surface area contributed by atoms with Gasteiger partial charge in [0.25, 0.3) is 5.91 Å². The van der Waals surface area contributed by atoms with Gasteiger partial charge in [0, 0.05) is 30.7 Å². The largest absolute Gasteiger partial charge is 0.493 e. The molecule has 2 aromatic heterocycles. The van der Waals surface area contributed by atoms with Crippen LogP contribution in [0.25, 0.3) is 0 Å². The van der Waals surface area contributed by atoms with Gasteiger partial charge >= 0.3 is 0 Å². The van der Waals surface area contributed by atoms with Crippen molar-refractivity contribution < 1.29 is 18.9 Å². The first kappa shape index (κ1) is 20.4. The molecule has 30 heavy (non-hydrogen) atoms. The Kier molecular flexibility index (Phi) is 6.01. The summed E-state index contributed by atoms with van der Waals surface area (Å²) < 4.78 is 18.1. The summed E-state index contributed by atoms with van der Waals surface area (Å²) in [6.45, 7) is 3.50. The fourth-order valence-electron chi connectivity index (χ4n) is 3.31. The minimum Gasteiger partial charge on any atom is -0.493 e. The normalized spacial score (nSPS) is 16.6. The lowest BCUT2D eigenvalue weighted by Crippen LogP contribution is -2.42. The molecule has 0 saturated carbocycles. The van der Waals surface area contributed by atoms with Crippen molar-refractivity contribution in [1.82, 2.24) is 25.0 Å². The van der Waals surface area contributed by atoms with Gasteiger partial charge in [-0.05, 0) is 42.4 Å². The zero-order valence-electron chi connectivity index (χ0n) is 16.7. The van der Waals surface area contributed by atoms with Crippen LogP contribution in [0, 0.1) is 6.92 Å². The number of nitrogens with zero attached hydrogens (tertiary/aromatic N) is 5. The zero-order chi connectivity index (χ0) is 21.1. The van der Waals surface area contributed by atoms with Gasteiger partial charge in [-0.25, -0.2) is 4.63 Å². The zero-order valence-corrected chi connectivity index (χ0v) is 17.5. The van der Waals surface area contributed by atoms with E-state index in [1.165, 1.54) is 0 Å². The second kappa shape index (κ2) is 8.85. The van der Waals surface area contributed by atoms with E-state index in [1.54, 1.807) is 24.0 Å². The Hall–Kier alpha value is -2.91. The Labute approximate surface area is 178 Å². The van der Waals surface area contributed by atoms with Crippen LogP contribution in [0.2, 0.25) is 5.02 Å². The highest BCUT2D eigenvalue weighted by atomic mass is 35.5. The summed E-state index contributed by atoms with van der Waals surface area (Å²) in [5.41, 5.74) is 2.51. The number of carbonyl (C=O) groups excluding carboxylic acids is 1. The van der Waals surface area contributed by atoms with Crippen LogP contribution in [0.5, 0.6) is 5.75 Å². The van der Waals surface area contributed by atoms with Gasteiger partial charge in [0.05, 0.1) is 25.5 Å². The van der Waals surface area contributed by atoms with Gasteiger partial charge in [0.2, 0.25) is 0 Å². The molecule has 1 aliphatic heterocycles. The summed E-state index contributed by atoms with van der Waals surface area (Å²) in [6, 6.07) is 9.26.